The molecule has 1 unspecified atom stereocenters. The Balaban J connectivity index is 1.62. The van der Waals surface area contributed by atoms with Crippen LogP contribution in [0.2, 0.25) is 0 Å². The Labute approximate surface area is 157 Å². The van der Waals surface area contributed by atoms with Crippen molar-refractivity contribution >= 4 is 11.6 Å². The van der Waals surface area contributed by atoms with Crippen LogP contribution in [0.4, 0.5) is 5.69 Å². The van der Waals surface area contributed by atoms with E-state index in [-0.39, 0.29) is 17.4 Å². The molecule has 1 aliphatic heterocycles. The molecule has 0 spiro atoms. The molecule has 144 valence electrons. The van der Waals surface area contributed by atoms with Gasteiger partial charge in [-0.25, -0.2) is 5.10 Å². The van der Waals surface area contributed by atoms with Gasteiger partial charge in [-0.2, -0.15) is 5.10 Å². The second kappa shape index (κ2) is 8.57. The standard InChI is InChI=1S/C19H24N4O4/c1-26-16-6-13(7-17(9-16)27-2)10-20-19(25)14-4-3-5-23(12-14)15-8-18(24)22-21-11-15/h6-9,11,14H,3-5,10,12H2,1-2H3,(H,20,25)(H,22,24). The zero-order valence-electron chi connectivity index (χ0n) is 15.5. The number of aromatic nitrogens is 2. The van der Waals surface area contributed by atoms with Crippen LogP contribution in [0, 0.1) is 5.92 Å². The Hall–Kier alpha value is -3.03. The number of rotatable bonds is 6. The average molecular weight is 372 g/mol. The zero-order chi connectivity index (χ0) is 19.2. The number of carbonyl (C=O) groups excluding carboxylic acids is 1. The maximum absolute atomic E-state index is 12.6. The summed E-state index contributed by atoms with van der Waals surface area (Å²) in [7, 11) is 3.19. The monoisotopic (exact) mass is 372 g/mol. The average Bonchev–Trinajstić information content (AvgIpc) is 2.71. The molecule has 1 aromatic heterocycles. The quantitative estimate of drug-likeness (QED) is 0.794. The molecule has 8 heteroatoms. The SMILES string of the molecule is COc1cc(CNC(=O)C2CCCN(c3cn[nH]c(=O)c3)C2)cc(OC)c1. The lowest BCUT2D eigenvalue weighted by atomic mass is 9.96. The van der Waals surface area contributed by atoms with E-state index in [9.17, 15) is 9.59 Å². The van der Waals surface area contributed by atoms with Gasteiger partial charge in [-0.15, -0.1) is 0 Å². The molecule has 2 aromatic rings. The molecule has 1 aliphatic rings. The summed E-state index contributed by atoms with van der Waals surface area (Å²) in [6, 6.07) is 7.05. The van der Waals surface area contributed by atoms with Crippen molar-refractivity contribution in [2.75, 3.05) is 32.2 Å². The van der Waals surface area contributed by atoms with Gasteiger partial charge < -0.3 is 19.7 Å². The largest absolute Gasteiger partial charge is 0.497 e. The fraction of sp³-hybridized carbons (Fsp3) is 0.421. The molecule has 2 N–H and O–H groups in total. The Morgan fingerprint density at radius 3 is 2.67 bits per heavy atom. The molecule has 1 saturated heterocycles. The third kappa shape index (κ3) is 4.78. The molecule has 1 fully saturated rings. The van der Waals surface area contributed by atoms with Crippen LogP contribution in [-0.2, 0) is 11.3 Å². The second-order valence-corrected chi connectivity index (χ2v) is 6.53. The van der Waals surface area contributed by atoms with Gasteiger partial charge in [0.05, 0.1) is 32.0 Å². The van der Waals surface area contributed by atoms with E-state index in [0.29, 0.717) is 24.6 Å². The van der Waals surface area contributed by atoms with Gasteiger partial charge in [0.1, 0.15) is 11.5 Å². The Kier molecular flexibility index (Phi) is 5.95. The van der Waals surface area contributed by atoms with Crippen molar-refractivity contribution in [1.82, 2.24) is 15.5 Å². The number of hydrogen-bond donors (Lipinski definition) is 2. The van der Waals surface area contributed by atoms with Gasteiger partial charge in [-0.05, 0) is 30.5 Å². The lowest BCUT2D eigenvalue weighted by molar-refractivity contribution is -0.125. The van der Waals surface area contributed by atoms with Gasteiger partial charge >= 0.3 is 0 Å². The van der Waals surface area contributed by atoms with Gasteiger partial charge in [-0.1, -0.05) is 0 Å². The fourth-order valence-corrected chi connectivity index (χ4v) is 3.27. The molecule has 1 aromatic carbocycles. The number of amides is 1. The molecule has 3 rings (SSSR count). The van der Waals surface area contributed by atoms with E-state index in [2.05, 4.69) is 15.5 Å². The maximum Gasteiger partial charge on any atom is 0.266 e. The highest BCUT2D eigenvalue weighted by Gasteiger charge is 2.26. The number of nitrogens with one attached hydrogen (secondary N) is 2. The van der Waals surface area contributed by atoms with Crippen LogP contribution in [0.15, 0.2) is 35.3 Å². The summed E-state index contributed by atoms with van der Waals surface area (Å²) in [5.74, 6) is 1.23. The minimum absolute atomic E-state index is 0.000661. The van der Waals surface area contributed by atoms with Crippen molar-refractivity contribution < 1.29 is 14.3 Å². The molecular formula is C19H24N4O4. The summed E-state index contributed by atoms with van der Waals surface area (Å²) >= 11 is 0. The van der Waals surface area contributed by atoms with Crippen molar-refractivity contribution in [1.29, 1.82) is 0 Å². The normalized spacial score (nSPS) is 16.7. The van der Waals surface area contributed by atoms with Gasteiger partial charge in [0.2, 0.25) is 5.91 Å². The number of nitrogens with zero attached hydrogens (tertiary/aromatic N) is 2. The Morgan fingerprint density at radius 2 is 2.00 bits per heavy atom. The number of aromatic amines is 1. The van der Waals surface area contributed by atoms with Crippen molar-refractivity contribution in [3.8, 4) is 11.5 Å². The van der Waals surface area contributed by atoms with Crippen LogP contribution in [0.5, 0.6) is 11.5 Å². The van der Waals surface area contributed by atoms with Crippen LogP contribution in [0.3, 0.4) is 0 Å². The molecule has 0 bridgehead atoms. The number of benzene rings is 1. The number of piperidine rings is 1. The van der Waals surface area contributed by atoms with Gasteiger partial charge in [0.25, 0.3) is 5.56 Å². The minimum atomic E-state index is -0.244. The minimum Gasteiger partial charge on any atom is -0.497 e. The van der Waals surface area contributed by atoms with Crippen LogP contribution in [0.25, 0.3) is 0 Å². The van der Waals surface area contributed by atoms with E-state index in [1.165, 1.54) is 6.07 Å². The zero-order valence-corrected chi connectivity index (χ0v) is 15.5. The van der Waals surface area contributed by atoms with Crippen molar-refractivity contribution in [3.05, 3.63) is 46.4 Å². The third-order valence-corrected chi connectivity index (χ3v) is 4.69. The fourth-order valence-electron chi connectivity index (χ4n) is 3.27. The van der Waals surface area contributed by atoms with Crippen LogP contribution in [0.1, 0.15) is 18.4 Å². The highest BCUT2D eigenvalue weighted by atomic mass is 16.5. The first kappa shape index (κ1) is 18.8. The van der Waals surface area contributed by atoms with E-state index >= 15 is 0 Å². The molecule has 1 amide bonds. The molecule has 2 heterocycles. The highest BCUT2D eigenvalue weighted by molar-refractivity contribution is 5.79. The van der Waals surface area contributed by atoms with E-state index in [0.717, 1.165) is 30.6 Å². The van der Waals surface area contributed by atoms with Gasteiger partial charge in [0, 0.05) is 31.8 Å². The number of anilines is 1. The van der Waals surface area contributed by atoms with Gasteiger partial charge in [-0.3, -0.25) is 9.59 Å². The summed E-state index contributed by atoms with van der Waals surface area (Å²) in [4.78, 5) is 26.1. The second-order valence-electron chi connectivity index (χ2n) is 6.53. The molecule has 27 heavy (non-hydrogen) atoms. The van der Waals surface area contributed by atoms with Crippen LogP contribution >= 0.6 is 0 Å². The van der Waals surface area contributed by atoms with Crippen molar-refractivity contribution in [3.63, 3.8) is 0 Å². The summed E-state index contributed by atoms with van der Waals surface area (Å²) in [5, 5.41) is 9.20. The summed E-state index contributed by atoms with van der Waals surface area (Å²) in [6.07, 6.45) is 3.32. The van der Waals surface area contributed by atoms with E-state index in [4.69, 9.17) is 9.47 Å². The molecule has 0 aliphatic carbocycles. The first-order valence-electron chi connectivity index (χ1n) is 8.88. The number of carbonyl (C=O) groups is 1. The van der Waals surface area contributed by atoms with E-state index < -0.39 is 0 Å². The van der Waals surface area contributed by atoms with Crippen molar-refractivity contribution in [2.24, 2.45) is 5.92 Å². The van der Waals surface area contributed by atoms with E-state index in [1.807, 2.05) is 17.0 Å². The highest BCUT2D eigenvalue weighted by Crippen LogP contribution is 2.24. The number of ether oxygens (including phenoxy) is 2. The first-order chi connectivity index (χ1) is 13.1. The predicted molar refractivity (Wildman–Crippen MR) is 101 cm³/mol. The smallest absolute Gasteiger partial charge is 0.266 e. The lowest BCUT2D eigenvalue weighted by Gasteiger charge is -2.33. The summed E-state index contributed by atoms with van der Waals surface area (Å²) in [5.41, 5.74) is 1.41. The van der Waals surface area contributed by atoms with Crippen LogP contribution < -0.4 is 25.2 Å². The lowest BCUT2D eigenvalue weighted by Crippen LogP contribution is -2.43. The van der Waals surface area contributed by atoms with Gasteiger partial charge in [0.15, 0.2) is 0 Å². The predicted octanol–water partition coefficient (Wildman–Crippen LogP) is 1.32. The molecular weight excluding hydrogens is 348 g/mol. The van der Waals surface area contributed by atoms with Crippen molar-refractivity contribution in [2.45, 2.75) is 19.4 Å². The molecule has 8 nitrogen and oxygen atoms in total. The Morgan fingerprint density at radius 1 is 1.26 bits per heavy atom. The summed E-state index contributed by atoms with van der Waals surface area (Å²) < 4.78 is 10.5. The third-order valence-electron chi connectivity index (χ3n) is 4.69. The van der Waals surface area contributed by atoms with Crippen LogP contribution in [-0.4, -0.2) is 43.4 Å². The molecule has 1 atom stereocenters. The first-order valence-corrected chi connectivity index (χ1v) is 8.88. The number of hydrogen-bond acceptors (Lipinski definition) is 6. The Bertz CT molecular complexity index is 829. The summed E-state index contributed by atoms with van der Waals surface area (Å²) in [6.45, 7) is 1.77. The molecule has 0 radical (unpaired) electrons. The molecule has 0 saturated carbocycles. The van der Waals surface area contributed by atoms with E-state index in [1.54, 1.807) is 26.5 Å². The maximum atomic E-state index is 12.6. The number of H-pyrrole nitrogens is 1. The topological polar surface area (TPSA) is 96.5 Å². The number of methoxy groups -OCH3 is 2.